The highest BCUT2D eigenvalue weighted by Gasteiger charge is 2.56. The highest BCUT2D eigenvalue weighted by Crippen LogP contribution is 2.35. The summed E-state index contributed by atoms with van der Waals surface area (Å²) < 4.78 is 35.2. The monoisotopic (exact) mass is 729 g/mol. The lowest BCUT2D eigenvalue weighted by Gasteiger charge is -2.49. The molecule has 4 rings (SSSR count). The van der Waals surface area contributed by atoms with Crippen molar-refractivity contribution in [2.24, 2.45) is 34.4 Å². The van der Waals surface area contributed by atoms with Crippen LogP contribution in [0, 0.1) is 0 Å². The minimum atomic E-state index is -1.86. The van der Waals surface area contributed by atoms with E-state index >= 15 is 0 Å². The zero-order valence-electron chi connectivity index (χ0n) is 27.6. The van der Waals surface area contributed by atoms with Crippen molar-refractivity contribution >= 4 is 5.91 Å². The molecule has 0 spiro atoms. The number of amides is 1. The normalized spacial score (nSPS) is 48.3. The molecule has 0 aromatic heterocycles. The second-order valence-corrected chi connectivity index (χ2v) is 13.3. The number of carbonyl (C=O) groups excluding carboxylic acids is 1. The Kier molecular flexibility index (Phi) is 14.6. The third-order valence-electron chi connectivity index (χ3n) is 9.60. The molecular weight excluding hydrogens is 674 g/mol. The highest BCUT2D eigenvalue weighted by atomic mass is 16.8. The van der Waals surface area contributed by atoms with Crippen LogP contribution in [0.2, 0.25) is 0 Å². The number of hydrogen-bond acceptors (Lipinski definition) is 21. The van der Waals surface area contributed by atoms with E-state index in [1.54, 1.807) is 6.92 Å². The Hall–Kier alpha value is -1.33. The zero-order valence-corrected chi connectivity index (χ0v) is 27.6. The van der Waals surface area contributed by atoms with Crippen LogP contribution in [-0.2, 0) is 33.2 Å². The lowest BCUT2D eigenvalue weighted by atomic mass is 9.81. The average molecular weight is 730 g/mol. The van der Waals surface area contributed by atoms with Crippen molar-refractivity contribution in [2.75, 3.05) is 19.7 Å². The van der Waals surface area contributed by atoms with Crippen LogP contribution < -0.4 is 39.7 Å². The van der Waals surface area contributed by atoms with E-state index in [4.69, 9.17) is 62.8 Å². The third-order valence-corrected chi connectivity index (χ3v) is 9.60. The largest absolute Gasteiger partial charge is 0.394 e. The molecule has 1 aliphatic carbocycles. The van der Waals surface area contributed by atoms with E-state index in [2.05, 4.69) is 5.32 Å². The van der Waals surface area contributed by atoms with Crippen LogP contribution in [0.25, 0.3) is 0 Å². The van der Waals surface area contributed by atoms with Gasteiger partial charge < -0.3 is 109 Å². The summed E-state index contributed by atoms with van der Waals surface area (Å²) in [6, 6.07) is -5.93. The van der Waals surface area contributed by atoms with Gasteiger partial charge in [-0.05, 0) is 26.3 Å². The van der Waals surface area contributed by atoms with Gasteiger partial charge in [-0.15, -0.1) is 0 Å². The molecule has 4 fully saturated rings. The molecular formula is C28H55N7O15. The number of rotatable bonds is 13. The quantitative estimate of drug-likeness (QED) is 0.0836. The number of nitrogens with one attached hydrogen (secondary N) is 1. The maximum atomic E-state index is 12.7. The van der Waals surface area contributed by atoms with Gasteiger partial charge in [0.25, 0.3) is 0 Å². The zero-order chi connectivity index (χ0) is 37.2. The molecule has 0 aromatic rings. The van der Waals surface area contributed by atoms with Gasteiger partial charge in [-0.25, -0.2) is 0 Å². The van der Waals surface area contributed by atoms with E-state index in [0.29, 0.717) is 0 Å². The van der Waals surface area contributed by atoms with Gasteiger partial charge >= 0.3 is 0 Å². The average Bonchev–Trinajstić information content (AvgIpc) is 3.37. The molecule has 292 valence electrons. The number of nitrogens with two attached hydrogens (primary N) is 6. The lowest BCUT2D eigenvalue weighted by molar-refractivity contribution is -0.305. The van der Waals surface area contributed by atoms with Gasteiger partial charge in [-0.2, -0.15) is 0 Å². The summed E-state index contributed by atoms with van der Waals surface area (Å²) in [7, 11) is 0. The summed E-state index contributed by atoms with van der Waals surface area (Å²) in [6.07, 6.45) is -23.3. The van der Waals surface area contributed by atoms with Crippen LogP contribution >= 0.6 is 0 Å². The molecule has 3 heterocycles. The van der Waals surface area contributed by atoms with E-state index in [9.17, 15) is 45.6 Å². The van der Waals surface area contributed by atoms with Crippen molar-refractivity contribution in [1.29, 1.82) is 0 Å². The van der Waals surface area contributed by atoms with E-state index in [-0.39, 0.29) is 25.9 Å². The minimum absolute atomic E-state index is 0.00304. The Morgan fingerprint density at radius 2 is 1.42 bits per heavy atom. The van der Waals surface area contributed by atoms with Crippen molar-refractivity contribution in [3.05, 3.63) is 0 Å². The first-order chi connectivity index (χ1) is 23.6. The summed E-state index contributed by atoms with van der Waals surface area (Å²) in [5, 5.41) is 87.7. The van der Waals surface area contributed by atoms with Crippen molar-refractivity contribution in [3.63, 3.8) is 0 Å². The third kappa shape index (κ3) is 8.72. The number of ether oxygens (including phenoxy) is 6. The van der Waals surface area contributed by atoms with Gasteiger partial charge in [-0.1, -0.05) is 0 Å². The number of hydrogen-bond donors (Lipinski definition) is 15. The van der Waals surface area contributed by atoms with Gasteiger partial charge in [0.15, 0.2) is 18.9 Å². The SMILES string of the molecule is C[C@H](N)[C@H]1O[C@H](O[C@@H]2[C@@H](N)[C@H](O)[C@@H](NC(=O)[C@@H](O)CCN)[C@H](O)[C@H]2O[C@@H]2O[C@H](CO)[C@@H](O[C@H]3O[C@@H](CN)[C@@H](O)[C@H](O)[C@H]3N)[C@H]2O)[C@H](N)C[C@@H]1O. The molecule has 1 saturated carbocycles. The number of aliphatic hydroxyl groups excluding tert-OH is 8. The fourth-order valence-corrected chi connectivity index (χ4v) is 6.64. The van der Waals surface area contributed by atoms with Gasteiger partial charge in [0, 0.05) is 12.6 Å². The Balaban J connectivity index is 1.59. The summed E-state index contributed by atoms with van der Waals surface area (Å²) in [4.78, 5) is 12.7. The van der Waals surface area contributed by atoms with Crippen LogP contribution in [0.5, 0.6) is 0 Å². The fraction of sp³-hybridized carbons (Fsp3) is 0.964. The maximum absolute atomic E-state index is 12.7. The first kappa shape index (κ1) is 41.4. The minimum Gasteiger partial charge on any atom is -0.394 e. The Morgan fingerprint density at radius 1 is 0.800 bits per heavy atom. The molecule has 3 saturated heterocycles. The molecule has 1 amide bonds. The summed E-state index contributed by atoms with van der Waals surface area (Å²) >= 11 is 0. The second kappa shape index (κ2) is 17.7. The van der Waals surface area contributed by atoms with E-state index in [1.807, 2.05) is 0 Å². The molecule has 0 unspecified atom stereocenters. The highest BCUT2D eigenvalue weighted by molar-refractivity contribution is 5.80. The van der Waals surface area contributed by atoms with Gasteiger partial charge in [-0.3, -0.25) is 4.79 Å². The second-order valence-electron chi connectivity index (χ2n) is 13.3. The molecule has 0 bridgehead atoms. The molecule has 22 nitrogen and oxygen atoms in total. The van der Waals surface area contributed by atoms with E-state index < -0.39 is 141 Å². The van der Waals surface area contributed by atoms with Gasteiger partial charge in [0.2, 0.25) is 5.91 Å². The summed E-state index contributed by atoms with van der Waals surface area (Å²) in [5.41, 5.74) is 35.7. The van der Waals surface area contributed by atoms with Crippen molar-refractivity contribution < 1.29 is 74.1 Å². The smallest absolute Gasteiger partial charge is 0.249 e. The number of carbonyl (C=O) groups is 1. The van der Waals surface area contributed by atoms with Crippen molar-refractivity contribution in [1.82, 2.24) is 5.32 Å². The Labute approximate surface area is 287 Å². The first-order valence-electron chi connectivity index (χ1n) is 16.6. The van der Waals surface area contributed by atoms with Crippen molar-refractivity contribution in [3.8, 4) is 0 Å². The van der Waals surface area contributed by atoms with Crippen LogP contribution in [0.1, 0.15) is 19.8 Å². The maximum Gasteiger partial charge on any atom is 0.249 e. The van der Waals surface area contributed by atoms with Gasteiger partial charge in [0.05, 0.1) is 43.0 Å². The Bertz CT molecular complexity index is 1090. The van der Waals surface area contributed by atoms with Crippen molar-refractivity contribution in [2.45, 2.75) is 148 Å². The summed E-state index contributed by atoms with van der Waals surface area (Å²) in [5.74, 6) is -0.979. The van der Waals surface area contributed by atoms with Crippen LogP contribution in [0.4, 0.5) is 0 Å². The van der Waals surface area contributed by atoms with Crippen LogP contribution in [0.15, 0.2) is 0 Å². The van der Waals surface area contributed by atoms with E-state index in [1.165, 1.54) is 0 Å². The molecule has 22 heteroatoms. The Morgan fingerprint density at radius 3 is 2.02 bits per heavy atom. The molecule has 21 N–H and O–H groups in total. The lowest BCUT2D eigenvalue weighted by Crippen LogP contribution is -2.73. The molecule has 3 aliphatic heterocycles. The predicted molar refractivity (Wildman–Crippen MR) is 167 cm³/mol. The molecule has 0 radical (unpaired) electrons. The standard InChI is InChI=1S/C28H55N7O15/c1-7(31)21-10(38)4-8(32)26(47-21)49-23-13(33)17(40)15(35-25(44)9(37)2-3-29)19(42)24(23)50-28-20(43)22(12(6-36)46-28)48-27-14(34)18(41)16(39)11(5-30)45-27/h7-24,26-28,36-43H,2-6,29-34H2,1H3,(H,35,44)/t7-,8+,9-,10-,11-,12+,13-,14+,15+,16+,17-,18+,19-,20+,21+,22+,23+,24+,26+,27+,28-/m0/s1. The topological polar surface area (TPSA) is 402 Å². The molecule has 0 aromatic carbocycles. The first-order valence-corrected chi connectivity index (χ1v) is 16.6. The van der Waals surface area contributed by atoms with E-state index in [0.717, 1.165) is 0 Å². The molecule has 4 aliphatic rings. The predicted octanol–water partition coefficient (Wildman–Crippen LogP) is -9.64. The molecule has 50 heavy (non-hydrogen) atoms. The fourth-order valence-electron chi connectivity index (χ4n) is 6.64. The molecule has 21 atom stereocenters. The van der Waals surface area contributed by atoms with Crippen LogP contribution in [0.3, 0.4) is 0 Å². The number of aliphatic hydroxyl groups is 8. The summed E-state index contributed by atoms with van der Waals surface area (Å²) in [6.45, 7) is 0.610. The van der Waals surface area contributed by atoms with Crippen LogP contribution in [-0.4, -0.2) is 195 Å². The van der Waals surface area contributed by atoms with Gasteiger partial charge in [0.1, 0.15) is 67.1 Å².